The van der Waals surface area contributed by atoms with Crippen molar-refractivity contribution in [3.63, 3.8) is 0 Å². The molecule has 1 amide bonds. The number of hydrogen-bond donors (Lipinski definition) is 1. The Labute approximate surface area is 164 Å². The maximum absolute atomic E-state index is 13.0. The van der Waals surface area contributed by atoms with Crippen LogP contribution >= 0.6 is 11.3 Å². The third kappa shape index (κ3) is 3.75. The zero-order valence-electron chi connectivity index (χ0n) is 15.4. The molecule has 0 spiro atoms. The molecule has 0 bridgehead atoms. The number of aromatic nitrogens is 3. The third-order valence-corrected chi connectivity index (χ3v) is 5.92. The van der Waals surface area contributed by atoms with E-state index in [1.807, 2.05) is 0 Å². The van der Waals surface area contributed by atoms with Crippen LogP contribution in [0, 0.1) is 11.7 Å². The fourth-order valence-corrected chi connectivity index (χ4v) is 4.05. The number of rotatable bonds is 4. The Kier molecular flexibility index (Phi) is 5.08. The Bertz CT molecular complexity index is 1050. The lowest BCUT2D eigenvalue weighted by Crippen LogP contribution is -2.33. The average Bonchev–Trinajstić information content (AvgIpc) is 3.13. The molecule has 0 saturated carbocycles. The Morgan fingerprint density at radius 1 is 1.29 bits per heavy atom. The van der Waals surface area contributed by atoms with Gasteiger partial charge in [-0.1, -0.05) is 30.4 Å². The van der Waals surface area contributed by atoms with E-state index in [4.69, 9.17) is 0 Å². The van der Waals surface area contributed by atoms with Gasteiger partial charge in [-0.2, -0.15) is 4.52 Å². The van der Waals surface area contributed by atoms with Crippen molar-refractivity contribution in [3.05, 3.63) is 57.8 Å². The summed E-state index contributed by atoms with van der Waals surface area (Å²) >= 11 is 1.35. The smallest absolute Gasteiger partial charge is 0.288 e. The van der Waals surface area contributed by atoms with Gasteiger partial charge in [0.25, 0.3) is 11.5 Å². The maximum atomic E-state index is 13.0. The molecule has 4 rings (SSSR count). The van der Waals surface area contributed by atoms with Gasteiger partial charge in [0, 0.05) is 25.8 Å². The molecule has 146 valence electrons. The summed E-state index contributed by atoms with van der Waals surface area (Å²) in [5, 5.41) is 7.81. The lowest BCUT2D eigenvalue weighted by atomic mass is 10.00. The zero-order valence-corrected chi connectivity index (χ0v) is 16.2. The molecule has 1 fully saturated rings. The fourth-order valence-electron chi connectivity index (χ4n) is 3.14. The number of anilines is 1. The molecule has 3 aromatic rings. The van der Waals surface area contributed by atoms with Crippen molar-refractivity contribution in [2.45, 2.75) is 26.3 Å². The van der Waals surface area contributed by atoms with E-state index in [1.54, 1.807) is 12.1 Å². The van der Waals surface area contributed by atoms with Crippen LogP contribution in [-0.4, -0.2) is 33.6 Å². The number of piperidine rings is 1. The number of hydrogen-bond acceptors (Lipinski definition) is 6. The van der Waals surface area contributed by atoms with Gasteiger partial charge < -0.3 is 10.2 Å². The van der Waals surface area contributed by atoms with E-state index >= 15 is 0 Å². The highest BCUT2D eigenvalue weighted by molar-refractivity contribution is 7.20. The van der Waals surface area contributed by atoms with Crippen LogP contribution in [0.25, 0.3) is 4.96 Å². The van der Waals surface area contributed by atoms with Gasteiger partial charge in [-0.25, -0.2) is 9.37 Å². The summed E-state index contributed by atoms with van der Waals surface area (Å²) in [5.74, 6) is -0.175. The van der Waals surface area contributed by atoms with Crippen LogP contribution in [0.1, 0.15) is 35.7 Å². The second-order valence-electron chi connectivity index (χ2n) is 7.03. The molecule has 1 aliphatic heterocycles. The van der Waals surface area contributed by atoms with Crippen molar-refractivity contribution in [3.8, 4) is 0 Å². The summed E-state index contributed by atoms with van der Waals surface area (Å²) in [4.78, 5) is 32.0. The molecule has 0 atom stereocenters. The molecule has 1 N–H and O–H groups in total. The van der Waals surface area contributed by atoms with E-state index in [1.165, 1.54) is 34.2 Å². The monoisotopic (exact) mass is 401 g/mol. The molecule has 1 saturated heterocycles. The van der Waals surface area contributed by atoms with Crippen LogP contribution < -0.4 is 15.8 Å². The lowest BCUT2D eigenvalue weighted by Gasteiger charge is -2.29. The summed E-state index contributed by atoms with van der Waals surface area (Å²) in [7, 11) is 0. The lowest BCUT2D eigenvalue weighted by molar-refractivity contribution is 0.0948. The van der Waals surface area contributed by atoms with Crippen molar-refractivity contribution >= 4 is 27.3 Å². The second-order valence-corrected chi connectivity index (χ2v) is 7.97. The first-order valence-corrected chi connectivity index (χ1v) is 9.99. The first kappa shape index (κ1) is 18.5. The van der Waals surface area contributed by atoms with E-state index in [9.17, 15) is 14.0 Å². The number of carbonyl (C=O) groups is 1. The Morgan fingerprint density at radius 2 is 2.00 bits per heavy atom. The second kappa shape index (κ2) is 7.67. The summed E-state index contributed by atoms with van der Waals surface area (Å²) in [6.07, 6.45) is 3.47. The Morgan fingerprint density at radius 3 is 2.71 bits per heavy atom. The summed E-state index contributed by atoms with van der Waals surface area (Å²) in [6, 6.07) is 5.80. The van der Waals surface area contributed by atoms with Crippen molar-refractivity contribution in [2.75, 3.05) is 18.0 Å². The van der Waals surface area contributed by atoms with Gasteiger partial charge in [0.2, 0.25) is 10.1 Å². The molecule has 9 heteroatoms. The minimum absolute atomic E-state index is 0.0660. The van der Waals surface area contributed by atoms with E-state index in [0.717, 1.165) is 36.6 Å². The van der Waals surface area contributed by atoms with E-state index in [2.05, 4.69) is 27.2 Å². The largest absolute Gasteiger partial charge is 0.348 e. The normalized spacial score (nSPS) is 15.1. The molecule has 0 aliphatic carbocycles. The van der Waals surface area contributed by atoms with Crippen LogP contribution in [-0.2, 0) is 6.54 Å². The molecule has 7 nitrogen and oxygen atoms in total. The van der Waals surface area contributed by atoms with Gasteiger partial charge in [0.1, 0.15) is 11.4 Å². The number of nitrogens with one attached hydrogen (secondary N) is 1. The summed E-state index contributed by atoms with van der Waals surface area (Å²) < 4.78 is 14.2. The molecule has 0 unspecified atom stereocenters. The molecule has 2 aromatic heterocycles. The van der Waals surface area contributed by atoms with Crippen LogP contribution in [0.2, 0.25) is 0 Å². The topological polar surface area (TPSA) is 79.6 Å². The van der Waals surface area contributed by atoms with E-state index < -0.39 is 11.5 Å². The Hall–Kier alpha value is -2.81. The number of benzene rings is 1. The molecule has 28 heavy (non-hydrogen) atoms. The number of amides is 1. The van der Waals surface area contributed by atoms with Gasteiger partial charge in [0.05, 0.1) is 0 Å². The highest BCUT2D eigenvalue weighted by Gasteiger charge is 2.21. The highest BCUT2D eigenvalue weighted by atomic mass is 32.1. The van der Waals surface area contributed by atoms with Gasteiger partial charge >= 0.3 is 0 Å². The third-order valence-electron chi connectivity index (χ3n) is 4.94. The standard InChI is InChI=1S/C19H20FN5O2S/c1-12-6-8-24(9-7-12)19-23-25-17(27)15(11-22-18(25)28-19)16(26)21-10-13-2-4-14(20)5-3-13/h2-5,11-12H,6-10H2,1H3,(H,21,26). The number of nitrogens with zero attached hydrogens (tertiary/aromatic N) is 4. The van der Waals surface area contributed by atoms with Gasteiger partial charge in [-0.15, -0.1) is 5.10 Å². The van der Waals surface area contributed by atoms with E-state index in [0.29, 0.717) is 10.9 Å². The predicted molar refractivity (Wildman–Crippen MR) is 105 cm³/mol. The molecule has 3 heterocycles. The van der Waals surface area contributed by atoms with Crippen molar-refractivity contribution in [1.29, 1.82) is 0 Å². The van der Waals surface area contributed by atoms with Gasteiger partial charge in [-0.3, -0.25) is 9.59 Å². The van der Waals surface area contributed by atoms with Crippen LogP contribution in [0.15, 0.2) is 35.3 Å². The minimum Gasteiger partial charge on any atom is -0.348 e. The number of carbonyl (C=O) groups excluding carboxylic acids is 1. The number of fused-ring (bicyclic) bond motifs is 1. The quantitative estimate of drug-likeness (QED) is 0.727. The fraction of sp³-hybridized carbons (Fsp3) is 0.368. The van der Waals surface area contributed by atoms with Crippen molar-refractivity contribution < 1.29 is 9.18 Å². The summed E-state index contributed by atoms with van der Waals surface area (Å²) in [5.41, 5.74) is 0.178. The van der Waals surface area contributed by atoms with Crippen molar-refractivity contribution in [2.24, 2.45) is 5.92 Å². The van der Waals surface area contributed by atoms with Gasteiger partial charge in [-0.05, 0) is 36.5 Å². The van der Waals surface area contributed by atoms with E-state index in [-0.39, 0.29) is 17.9 Å². The molecule has 1 aliphatic rings. The first-order valence-electron chi connectivity index (χ1n) is 9.18. The maximum Gasteiger partial charge on any atom is 0.288 e. The molecular formula is C19H20FN5O2S. The molecule has 1 aromatic carbocycles. The first-order chi connectivity index (χ1) is 13.5. The predicted octanol–water partition coefficient (Wildman–Crippen LogP) is 2.46. The van der Waals surface area contributed by atoms with Gasteiger partial charge in [0.15, 0.2) is 0 Å². The number of halogens is 1. The SMILES string of the molecule is CC1CCN(c2nn3c(=O)c(C(=O)NCc4ccc(F)cc4)cnc3s2)CC1. The highest BCUT2D eigenvalue weighted by Crippen LogP contribution is 2.26. The molecular weight excluding hydrogens is 381 g/mol. The minimum atomic E-state index is -0.530. The average molecular weight is 401 g/mol. The van der Waals surface area contributed by atoms with Crippen LogP contribution in [0.5, 0.6) is 0 Å². The Balaban J connectivity index is 1.52. The zero-order chi connectivity index (χ0) is 19.7. The molecule has 0 radical (unpaired) electrons. The van der Waals surface area contributed by atoms with Crippen LogP contribution in [0.3, 0.4) is 0 Å². The summed E-state index contributed by atoms with van der Waals surface area (Å²) in [6.45, 7) is 4.23. The van der Waals surface area contributed by atoms with Crippen LogP contribution in [0.4, 0.5) is 9.52 Å². The van der Waals surface area contributed by atoms with Crippen molar-refractivity contribution in [1.82, 2.24) is 19.9 Å².